The fourth-order valence-corrected chi connectivity index (χ4v) is 5.15. The van der Waals surface area contributed by atoms with Crippen molar-refractivity contribution in [1.29, 1.82) is 0 Å². The molecule has 0 aliphatic heterocycles. The smallest absolute Gasteiger partial charge is 0.408 e. The van der Waals surface area contributed by atoms with E-state index in [9.17, 15) is 24.3 Å². The molecule has 1 fully saturated rings. The third kappa shape index (κ3) is 11.2. The van der Waals surface area contributed by atoms with Gasteiger partial charge in [0.05, 0.1) is 0 Å². The van der Waals surface area contributed by atoms with Gasteiger partial charge in [-0.1, -0.05) is 51.3 Å². The van der Waals surface area contributed by atoms with Gasteiger partial charge in [-0.2, -0.15) is 0 Å². The number of alkyl carbamates (subject to hydrolysis) is 1. The van der Waals surface area contributed by atoms with E-state index >= 15 is 0 Å². The van der Waals surface area contributed by atoms with Crippen molar-refractivity contribution >= 4 is 23.8 Å². The van der Waals surface area contributed by atoms with Crippen molar-refractivity contribution in [3.8, 4) is 5.75 Å². The lowest BCUT2D eigenvalue weighted by Crippen LogP contribution is -2.56. The summed E-state index contributed by atoms with van der Waals surface area (Å²) in [4.78, 5) is 54.4. The van der Waals surface area contributed by atoms with Crippen LogP contribution in [0.2, 0.25) is 0 Å². The van der Waals surface area contributed by atoms with Crippen LogP contribution in [-0.2, 0) is 19.1 Å². The minimum atomic E-state index is -1.19. The van der Waals surface area contributed by atoms with Crippen molar-refractivity contribution in [3.05, 3.63) is 29.8 Å². The van der Waals surface area contributed by atoms with Gasteiger partial charge in [-0.25, -0.2) is 4.79 Å². The van der Waals surface area contributed by atoms with Crippen molar-refractivity contribution in [2.45, 2.75) is 129 Å². The molecule has 0 radical (unpaired) electrons. The molecule has 1 aliphatic carbocycles. The van der Waals surface area contributed by atoms with E-state index < -0.39 is 47.5 Å². The zero-order valence-corrected chi connectivity index (χ0v) is 25.6. The highest BCUT2D eigenvalue weighted by Gasteiger charge is 2.40. The van der Waals surface area contributed by atoms with Crippen LogP contribution in [0.1, 0.15) is 111 Å². The van der Waals surface area contributed by atoms with E-state index in [2.05, 4.69) is 24.5 Å². The second-order valence-electron chi connectivity index (χ2n) is 12.6. The summed E-state index contributed by atoms with van der Waals surface area (Å²) in [5.41, 5.74) is 4.88. The molecule has 1 aromatic rings. The molecule has 4 amide bonds. The molecule has 3 atom stereocenters. The van der Waals surface area contributed by atoms with E-state index in [0.29, 0.717) is 12.3 Å². The molecule has 3 unspecified atom stereocenters. The molecule has 41 heavy (non-hydrogen) atoms. The van der Waals surface area contributed by atoms with Crippen LogP contribution in [0.25, 0.3) is 0 Å². The van der Waals surface area contributed by atoms with Gasteiger partial charge in [-0.3, -0.25) is 14.4 Å². The highest BCUT2D eigenvalue weighted by Crippen LogP contribution is 2.33. The maximum atomic E-state index is 14.4. The lowest BCUT2D eigenvalue weighted by Gasteiger charge is -2.39. The molecule has 1 saturated carbocycles. The average Bonchev–Trinajstić information content (AvgIpc) is 2.87. The van der Waals surface area contributed by atoms with Crippen LogP contribution in [0, 0.1) is 5.92 Å². The van der Waals surface area contributed by atoms with Gasteiger partial charge in [0.15, 0.2) is 0 Å². The van der Waals surface area contributed by atoms with Crippen molar-refractivity contribution in [3.63, 3.8) is 0 Å². The second-order valence-corrected chi connectivity index (χ2v) is 12.6. The summed E-state index contributed by atoms with van der Waals surface area (Å²) < 4.78 is 5.40. The molecule has 0 aromatic heterocycles. The Morgan fingerprint density at radius 2 is 1.66 bits per heavy atom. The molecule has 0 heterocycles. The van der Waals surface area contributed by atoms with Crippen LogP contribution in [0.5, 0.6) is 5.75 Å². The zero-order chi connectivity index (χ0) is 30.7. The molecular weight excluding hydrogens is 524 g/mol. The van der Waals surface area contributed by atoms with Gasteiger partial charge in [-0.15, -0.1) is 0 Å². The third-order valence-corrected chi connectivity index (χ3v) is 7.27. The first-order chi connectivity index (χ1) is 19.2. The molecule has 1 aliphatic rings. The molecule has 10 heteroatoms. The standard InChI is InChI=1S/C31H50N4O6/c1-20(2)16-17-21(3)35(29(39)24(18-19-26(32)37)34-30(40)41-31(4,5)6)27(23-14-10-11-15-25(23)36)28(38)33-22-12-8-7-9-13-22/h10-11,14-15,20-22,24,27,36H,7-9,12-13,16-19H2,1-6H3,(H2,32,37)(H,33,38)(H,34,40). The lowest BCUT2D eigenvalue weighted by molar-refractivity contribution is -0.146. The number of nitrogens with one attached hydrogen (secondary N) is 2. The average molecular weight is 575 g/mol. The number of hydrogen-bond acceptors (Lipinski definition) is 6. The first-order valence-electron chi connectivity index (χ1n) is 14.9. The Bertz CT molecular complexity index is 1030. The number of carbonyl (C=O) groups excluding carboxylic acids is 4. The van der Waals surface area contributed by atoms with Crippen LogP contribution >= 0.6 is 0 Å². The molecule has 1 aromatic carbocycles. The van der Waals surface area contributed by atoms with Crippen molar-refractivity contribution in [2.75, 3.05) is 0 Å². The summed E-state index contributed by atoms with van der Waals surface area (Å²) in [6, 6.07) is 3.67. The van der Waals surface area contributed by atoms with Gasteiger partial charge in [-0.05, 0) is 71.8 Å². The Balaban J connectivity index is 2.57. The Kier molecular flexibility index (Phi) is 12.9. The Morgan fingerprint density at radius 3 is 2.22 bits per heavy atom. The number of benzene rings is 1. The lowest BCUT2D eigenvalue weighted by atomic mass is 9.93. The molecule has 0 bridgehead atoms. The second kappa shape index (κ2) is 15.6. The Labute approximate surface area is 244 Å². The molecule has 230 valence electrons. The van der Waals surface area contributed by atoms with E-state index in [0.717, 1.165) is 38.5 Å². The minimum Gasteiger partial charge on any atom is -0.508 e. The number of phenols is 1. The SMILES string of the molecule is CC(C)CCC(C)N(C(=O)C(CCC(N)=O)NC(=O)OC(C)(C)C)C(C(=O)NC1CCCCC1)c1ccccc1O. The number of rotatable bonds is 13. The number of phenolic OH excluding ortho intramolecular Hbond substituents is 1. The fourth-order valence-electron chi connectivity index (χ4n) is 5.15. The monoisotopic (exact) mass is 574 g/mol. The van der Waals surface area contributed by atoms with Gasteiger partial charge < -0.3 is 31.1 Å². The first-order valence-corrected chi connectivity index (χ1v) is 14.9. The van der Waals surface area contributed by atoms with E-state index in [-0.39, 0.29) is 30.2 Å². The van der Waals surface area contributed by atoms with Crippen LogP contribution in [0.3, 0.4) is 0 Å². The van der Waals surface area contributed by atoms with E-state index in [1.54, 1.807) is 39.0 Å². The molecule has 0 spiro atoms. The topological polar surface area (TPSA) is 151 Å². The van der Waals surface area contributed by atoms with Crippen molar-refractivity contribution in [1.82, 2.24) is 15.5 Å². The maximum Gasteiger partial charge on any atom is 0.408 e. The number of carbonyl (C=O) groups is 4. The van der Waals surface area contributed by atoms with E-state index in [1.807, 2.05) is 6.92 Å². The number of nitrogens with two attached hydrogens (primary N) is 1. The molecule has 0 saturated heterocycles. The molecule has 2 rings (SSSR count). The zero-order valence-electron chi connectivity index (χ0n) is 25.6. The number of nitrogens with zero attached hydrogens (tertiary/aromatic N) is 1. The summed E-state index contributed by atoms with van der Waals surface area (Å²) in [5, 5.41) is 16.6. The van der Waals surface area contributed by atoms with Gasteiger partial charge >= 0.3 is 6.09 Å². The highest BCUT2D eigenvalue weighted by molar-refractivity contribution is 5.93. The molecule has 10 nitrogen and oxygen atoms in total. The summed E-state index contributed by atoms with van der Waals surface area (Å²) in [6.07, 6.45) is 5.14. The fraction of sp³-hybridized carbons (Fsp3) is 0.677. The highest BCUT2D eigenvalue weighted by atomic mass is 16.6. The number of primary amides is 1. The summed E-state index contributed by atoms with van der Waals surface area (Å²) in [5.74, 6) is -1.34. The van der Waals surface area contributed by atoms with Crippen LogP contribution in [0.15, 0.2) is 24.3 Å². The number of para-hydroxylation sites is 1. The predicted molar refractivity (Wildman–Crippen MR) is 158 cm³/mol. The van der Waals surface area contributed by atoms with Crippen LogP contribution in [-0.4, -0.2) is 57.5 Å². The number of hydrogen-bond donors (Lipinski definition) is 4. The van der Waals surface area contributed by atoms with Gasteiger partial charge in [0, 0.05) is 24.1 Å². The largest absolute Gasteiger partial charge is 0.508 e. The summed E-state index contributed by atoms with van der Waals surface area (Å²) in [7, 11) is 0. The third-order valence-electron chi connectivity index (χ3n) is 7.27. The minimum absolute atomic E-state index is 0.0296. The number of ether oxygens (including phenoxy) is 1. The van der Waals surface area contributed by atoms with Crippen molar-refractivity contribution < 1.29 is 29.0 Å². The first kappa shape index (κ1) is 33.9. The van der Waals surface area contributed by atoms with E-state index in [4.69, 9.17) is 10.5 Å². The van der Waals surface area contributed by atoms with Crippen LogP contribution < -0.4 is 16.4 Å². The summed E-state index contributed by atoms with van der Waals surface area (Å²) in [6.45, 7) is 11.1. The summed E-state index contributed by atoms with van der Waals surface area (Å²) >= 11 is 0. The van der Waals surface area contributed by atoms with Crippen LogP contribution in [0.4, 0.5) is 4.79 Å². The number of amides is 4. The Morgan fingerprint density at radius 1 is 1.02 bits per heavy atom. The maximum absolute atomic E-state index is 14.4. The number of aromatic hydroxyl groups is 1. The molecular formula is C31H50N4O6. The predicted octanol–water partition coefficient (Wildman–Crippen LogP) is 4.69. The van der Waals surface area contributed by atoms with Crippen molar-refractivity contribution in [2.24, 2.45) is 11.7 Å². The van der Waals surface area contributed by atoms with Gasteiger partial charge in [0.2, 0.25) is 17.7 Å². The molecule has 5 N–H and O–H groups in total. The quantitative estimate of drug-likeness (QED) is 0.268. The van der Waals surface area contributed by atoms with E-state index in [1.165, 1.54) is 11.0 Å². The van der Waals surface area contributed by atoms with Gasteiger partial charge in [0.1, 0.15) is 23.4 Å². The normalized spacial score (nSPS) is 16.4. The Hall–Kier alpha value is -3.30. The van der Waals surface area contributed by atoms with Gasteiger partial charge in [0.25, 0.3) is 0 Å².